The summed E-state index contributed by atoms with van der Waals surface area (Å²) in [5.74, 6) is 0.119. The first-order valence-corrected chi connectivity index (χ1v) is 3.84. The monoisotopic (exact) mass is 177 g/mol. The van der Waals surface area contributed by atoms with Crippen LogP contribution in [0, 0.1) is 0 Å². The molecule has 0 spiro atoms. The first kappa shape index (κ1) is 7.78. The van der Waals surface area contributed by atoms with Crippen LogP contribution in [0.2, 0.25) is 0 Å². The van der Waals surface area contributed by atoms with Crippen LogP contribution in [0.4, 0.5) is 0 Å². The van der Waals surface area contributed by atoms with Crippen molar-refractivity contribution in [2.75, 3.05) is 0 Å². The third kappa shape index (κ3) is 1.84. The van der Waals surface area contributed by atoms with Crippen molar-refractivity contribution in [3.63, 3.8) is 0 Å². The van der Waals surface area contributed by atoms with E-state index in [9.17, 15) is 4.79 Å². The molecule has 0 saturated carbocycles. The molecule has 6 nitrogen and oxygen atoms in total. The first-order chi connectivity index (χ1) is 6.34. The Morgan fingerprint density at radius 2 is 2.08 bits per heavy atom. The van der Waals surface area contributed by atoms with Gasteiger partial charge in [0.2, 0.25) is 0 Å². The molecule has 0 bridgehead atoms. The second kappa shape index (κ2) is 3.26. The lowest BCUT2D eigenvalue weighted by Gasteiger charge is -2.03. The Hall–Kier alpha value is -1.85. The van der Waals surface area contributed by atoms with Crippen molar-refractivity contribution in [1.29, 1.82) is 0 Å². The standard InChI is InChI=1S/C7H7N5O/c13-7-3-1-6(2-4-7)5-12-10-8-9-11-12/h1-3H,4-5H2. The van der Waals surface area contributed by atoms with Crippen LogP contribution in [0.25, 0.3) is 0 Å². The molecule has 0 unspecified atom stereocenters. The lowest BCUT2D eigenvalue weighted by atomic mass is 10.1. The zero-order chi connectivity index (χ0) is 9.10. The van der Waals surface area contributed by atoms with E-state index in [1.54, 1.807) is 12.2 Å². The van der Waals surface area contributed by atoms with Crippen molar-refractivity contribution < 1.29 is 4.79 Å². The smallest absolute Gasteiger partial charge is 0.159 e. The average molecular weight is 177 g/mol. The molecule has 1 heterocycles. The van der Waals surface area contributed by atoms with Gasteiger partial charge < -0.3 is 0 Å². The Balaban J connectivity index is 2.05. The minimum Gasteiger partial charge on any atom is -0.295 e. The van der Waals surface area contributed by atoms with E-state index in [-0.39, 0.29) is 5.78 Å². The molecule has 2 rings (SSSR count). The van der Waals surface area contributed by atoms with Crippen molar-refractivity contribution in [2.45, 2.75) is 13.0 Å². The van der Waals surface area contributed by atoms with E-state index in [1.807, 2.05) is 6.08 Å². The minimum absolute atomic E-state index is 0.119. The molecule has 1 aromatic heterocycles. The van der Waals surface area contributed by atoms with Crippen molar-refractivity contribution in [3.05, 3.63) is 23.8 Å². The Bertz CT molecular complexity index is 364. The Morgan fingerprint density at radius 1 is 1.31 bits per heavy atom. The van der Waals surface area contributed by atoms with Crippen LogP contribution in [0.5, 0.6) is 0 Å². The molecule has 66 valence electrons. The van der Waals surface area contributed by atoms with Crippen molar-refractivity contribution in [3.8, 4) is 0 Å². The number of rotatable bonds is 2. The van der Waals surface area contributed by atoms with Gasteiger partial charge in [-0.05, 0) is 32.5 Å². The SMILES string of the molecule is O=C1C=CC(Cn2nnnn2)=CC1. The van der Waals surface area contributed by atoms with Gasteiger partial charge in [0, 0.05) is 6.42 Å². The third-order valence-corrected chi connectivity index (χ3v) is 1.70. The molecule has 0 N–H and O–H groups in total. The number of nitrogens with zero attached hydrogens (tertiary/aromatic N) is 5. The normalized spacial score (nSPS) is 16.0. The summed E-state index contributed by atoms with van der Waals surface area (Å²) in [6, 6.07) is 0. The van der Waals surface area contributed by atoms with E-state index in [0.717, 1.165) is 5.57 Å². The summed E-state index contributed by atoms with van der Waals surface area (Å²) < 4.78 is 0. The molecule has 1 aromatic rings. The van der Waals surface area contributed by atoms with Crippen LogP contribution >= 0.6 is 0 Å². The lowest BCUT2D eigenvalue weighted by molar-refractivity contribution is -0.113. The number of ketones is 1. The van der Waals surface area contributed by atoms with Gasteiger partial charge >= 0.3 is 0 Å². The number of hydrogen-bond acceptors (Lipinski definition) is 5. The van der Waals surface area contributed by atoms with Gasteiger partial charge in [0.1, 0.15) is 0 Å². The zero-order valence-electron chi connectivity index (χ0n) is 6.79. The number of carbonyl (C=O) groups is 1. The topological polar surface area (TPSA) is 73.6 Å². The summed E-state index contributed by atoms with van der Waals surface area (Å²) in [6.07, 6.45) is 5.62. The van der Waals surface area contributed by atoms with Crippen molar-refractivity contribution >= 4 is 5.78 Å². The molecule has 0 aliphatic heterocycles. The maximum Gasteiger partial charge on any atom is 0.159 e. The minimum atomic E-state index is 0.119. The molecule has 0 aromatic carbocycles. The molecule has 6 heteroatoms. The molecular formula is C7H7N5O. The van der Waals surface area contributed by atoms with E-state index in [4.69, 9.17) is 0 Å². The summed E-state index contributed by atoms with van der Waals surface area (Å²) in [5, 5.41) is 13.9. The summed E-state index contributed by atoms with van der Waals surface area (Å²) in [7, 11) is 0. The number of hydrogen-bond donors (Lipinski definition) is 0. The van der Waals surface area contributed by atoms with Gasteiger partial charge in [-0.2, -0.15) is 0 Å². The largest absolute Gasteiger partial charge is 0.295 e. The van der Waals surface area contributed by atoms with Gasteiger partial charge in [0.25, 0.3) is 0 Å². The average Bonchev–Trinajstić information content (AvgIpc) is 2.62. The summed E-state index contributed by atoms with van der Waals surface area (Å²) in [5.41, 5.74) is 0.999. The number of aromatic nitrogens is 5. The molecule has 1 aliphatic rings. The molecule has 13 heavy (non-hydrogen) atoms. The molecule has 0 atom stereocenters. The van der Waals surface area contributed by atoms with Crippen molar-refractivity contribution in [1.82, 2.24) is 25.7 Å². The molecule has 1 aliphatic carbocycles. The maximum absolute atomic E-state index is 10.8. The van der Waals surface area contributed by atoms with Crippen LogP contribution in [-0.4, -0.2) is 31.4 Å². The third-order valence-electron chi connectivity index (χ3n) is 1.70. The van der Waals surface area contributed by atoms with E-state index < -0.39 is 0 Å². The van der Waals surface area contributed by atoms with E-state index in [1.165, 1.54) is 4.80 Å². The van der Waals surface area contributed by atoms with E-state index >= 15 is 0 Å². The van der Waals surface area contributed by atoms with Crippen LogP contribution in [-0.2, 0) is 11.3 Å². The van der Waals surface area contributed by atoms with Gasteiger partial charge in [-0.15, -0.1) is 4.80 Å². The maximum atomic E-state index is 10.8. The Kier molecular flexibility index (Phi) is 1.95. The zero-order valence-corrected chi connectivity index (χ0v) is 6.79. The highest BCUT2D eigenvalue weighted by molar-refractivity contribution is 5.92. The highest BCUT2D eigenvalue weighted by atomic mass is 16.1. The fourth-order valence-electron chi connectivity index (χ4n) is 1.06. The lowest BCUT2D eigenvalue weighted by Crippen LogP contribution is -2.07. The van der Waals surface area contributed by atoms with E-state index in [2.05, 4.69) is 20.9 Å². The fourth-order valence-corrected chi connectivity index (χ4v) is 1.06. The highest BCUT2D eigenvalue weighted by Gasteiger charge is 2.04. The van der Waals surface area contributed by atoms with Crippen LogP contribution in [0.1, 0.15) is 6.42 Å². The molecule has 0 amide bonds. The number of carbonyl (C=O) groups excluding carboxylic acids is 1. The van der Waals surface area contributed by atoms with Gasteiger partial charge in [-0.25, -0.2) is 0 Å². The number of allylic oxidation sites excluding steroid dienone is 4. The second-order valence-corrected chi connectivity index (χ2v) is 2.67. The predicted octanol–water partition coefficient (Wildman–Crippen LogP) is -0.477. The highest BCUT2D eigenvalue weighted by Crippen LogP contribution is 2.07. The van der Waals surface area contributed by atoms with Gasteiger partial charge in [-0.1, -0.05) is 12.2 Å². The fraction of sp³-hybridized carbons (Fsp3) is 0.286. The molecular weight excluding hydrogens is 170 g/mol. The first-order valence-electron chi connectivity index (χ1n) is 3.84. The summed E-state index contributed by atoms with van der Waals surface area (Å²) in [4.78, 5) is 12.2. The van der Waals surface area contributed by atoms with Crippen LogP contribution in [0.3, 0.4) is 0 Å². The van der Waals surface area contributed by atoms with Crippen LogP contribution in [0.15, 0.2) is 23.8 Å². The van der Waals surface area contributed by atoms with E-state index in [0.29, 0.717) is 13.0 Å². The van der Waals surface area contributed by atoms with Crippen molar-refractivity contribution in [2.24, 2.45) is 0 Å². The summed E-state index contributed by atoms with van der Waals surface area (Å²) >= 11 is 0. The van der Waals surface area contributed by atoms with Crippen LogP contribution < -0.4 is 0 Å². The molecule has 0 fully saturated rings. The predicted molar refractivity (Wildman–Crippen MR) is 42.5 cm³/mol. The summed E-state index contributed by atoms with van der Waals surface area (Å²) in [6.45, 7) is 0.511. The van der Waals surface area contributed by atoms with Gasteiger partial charge in [0.15, 0.2) is 5.78 Å². The quantitative estimate of drug-likeness (QED) is 0.610. The second-order valence-electron chi connectivity index (χ2n) is 2.67. The Morgan fingerprint density at radius 3 is 2.69 bits per heavy atom. The van der Waals surface area contributed by atoms with Gasteiger partial charge in [0.05, 0.1) is 6.54 Å². The molecule has 0 radical (unpaired) electrons. The molecule has 0 saturated heterocycles. The van der Waals surface area contributed by atoms with Gasteiger partial charge in [-0.3, -0.25) is 4.79 Å². The Labute approximate surface area is 73.9 Å².